The summed E-state index contributed by atoms with van der Waals surface area (Å²) in [5, 5.41) is 3.87. The normalized spacial score (nSPS) is 14.6. The molecule has 0 aliphatic carbocycles. The van der Waals surface area contributed by atoms with E-state index in [2.05, 4.69) is 10.1 Å². The topological polar surface area (TPSA) is 72.4 Å². The van der Waals surface area contributed by atoms with Gasteiger partial charge < -0.3 is 13.8 Å². The van der Waals surface area contributed by atoms with E-state index in [1.807, 2.05) is 20.8 Å². The van der Waals surface area contributed by atoms with Crippen LogP contribution < -0.4 is 0 Å². The number of fused-ring (bicyclic) bond motifs is 1. The van der Waals surface area contributed by atoms with E-state index in [1.165, 1.54) is 0 Å². The summed E-state index contributed by atoms with van der Waals surface area (Å²) in [5.41, 5.74) is 1.65. The molecule has 0 atom stereocenters. The number of aryl methyl sites for hydroxylation is 1. The minimum Gasteiger partial charge on any atom is -0.445 e. The molecule has 0 N–H and O–H groups in total. The average Bonchev–Trinajstić information content (AvgIpc) is 3.12. The summed E-state index contributed by atoms with van der Waals surface area (Å²) in [4.78, 5) is 18.6. The maximum atomic E-state index is 12.4. The number of oxazole rings is 1. The number of hydrogen-bond acceptors (Lipinski definition) is 5. The first-order valence-corrected chi connectivity index (χ1v) is 7.31. The van der Waals surface area contributed by atoms with Crippen molar-refractivity contribution < 1.29 is 13.7 Å². The molecule has 0 saturated heterocycles. The van der Waals surface area contributed by atoms with Crippen LogP contribution in [0.5, 0.6) is 0 Å². The van der Waals surface area contributed by atoms with Crippen molar-refractivity contribution in [3.05, 3.63) is 34.9 Å². The van der Waals surface area contributed by atoms with E-state index in [1.54, 1.807) is 11.0 Å². The molecular weight excluding hydrogens is 270 g/mol. The second-order valence-electron chi connectivity index (χ2n) is 5.59. The second-order valence-corrected chi connectivity index (χ2v) is 5.59. The van der Waals surface area contributed by atoms with Crippen molar-refractivity contribution in [2.24, 2.45) is 0 Å². The number of rotatable bonds is 3. The summed E-state index contributed by atoms with van der Waals surface area (Å²) in [6.45, 7) is 7.14. The van der Waals surface area contributed by atoms with Gasteiger partial charge in [-0.15, -0.1) is 0 Å². The summed E-state index contributed by atoms with van der Waals surface area (Å²) in [6.07, 6.45) is 1.44. The molecule has 3 rings (SSSR count). The molecule has 0 radical (unpaired) electrons. The molecule has 1 amide bonds. The van der Waals surface area contributed by atoms with Crippen LogP contribution in [-0.2, 0) is 19.4 Å². The van der Waals surface area contributed by atoms with Crippen molar-refractivity contribution >= 4 is 5.91 Å². The Hall–Kier alpha value is -2.11. The summed E-state index contributed by atoms with van der Waals surface area (Å²) in [5.74, 6) is 2.04. The predicted molar refractivity (Wildman–Crippen MR) is 74.9 cm³/mol. The lowest BCUT2D eigenvalue weighted by molar-refractivity contribution is 0.0685. The fourth-order valence-electron chi connectivity index (χ4n) is 2.37. The van der Waals surface area contributed by atoms with Gasteiger partial charge in [-0.1, -0.05) is 25.9 Å². The van der Waals surface area contributed by atoms with Gasteiger partial charge >= 0.3 is 0 Å². The number of aromatic nitrogens is 2. The molecular formula is C15H19N3O3. The molecule has 1 aliphatic rings. The van der Waals surface area contributed by atoms with Crippen LogP contribution in [0.4, 0.5) is 0 Å². The minimum atomic E-state index is -0.137. The van der Waals surface area contributed by atoms with Crippen LogP contribution in [0.1, 0.15) is 60.3 Å². The Morgan fingerprint density at radius 1 is 1.48 bits per heavy atom. The lowest BCUT2D eigenvalue weighted by Crippen LogP contribution is -2.35. The van der Waals surface area contributed by atoms with Gasteiger partial charge in [0.15, 0.2) is 5.89 Å². The highest BCUT2D eigenvalue weighted by Crippen LogP contribution is 2.24. The molecule has 1 aliphatic heterocycles. The Morgan fingerprint density at radius 2 is 2.29 bits per heavy atom. The van der Waals surface area contributed by atoms with E-state index < -0.39 is 0 Å². The molecule has 112 valence electrons. The largest absolute Gasteiger partial charge is 0.445 e. The molecule has 2 aromatic heterocycles. The Morgan fingerprint density at radius 3 is 2.95 bits per heavy atom. The Kier molecular flexibility index (Phi) is 3.53. The summed E-state index contributed by atoms with van der Waals surface area (Å²) in [7, 11) is 0. The molecule has 21 heavy (non-hydrogen) atoms. The molecule has 6 nitrogen and oxygen atoms in total. The van der Waals surface area contributed by atoms with Gasteiger partial charge in [-0.25, -0.2) is 4.98 Å². The van der Waals surface area contributed by atoms with E-state index in [4.69, 9.17) is 8.94 Å². The fourth-order valence-corrected chi connectivity index (χ4v) is 2.37. The third kappa shape index (κ3) is 2.57. The SMILES string of the molecule is CCc1cc(C(=O)N2CCc3oc(C(C)C)nc3C2)on1. The van der Waals surface area contributed by atoms with Gasteiger partial charge in [-0.2, -0.15) is 0 Å². The van der Waals surface area contributed by atoms with Gasteiger partial charge in [-0.05, 0) is 6.42 Å². The van der Waals surface area contributed by atoms with Crippen LogP contribution in [0.2, 0.25) is 0 Å². The van der Waals surface area contributed by atoms with Crippen molar-refractivity contribution in [2.45, 2.75) is 46.1 Å². The third-order valence-electron chi connectivity index (χ3n) is 3.66. The third-order valence-corrected chi connectivity index (χ3v) is 3.66. The zero-order chi connectivity index (χ0) is 15.0. The highest BCUT2D eigenvalue weighted by Gasteiger charge is 2.28. The fraction of sp³-hybridized carbons (Fsp3) is 0.533. The van der Waals surface area contributed by atoms with Crippen LogP contribution >= 0.6 is 0 Å². The lowest BCUT2D eigenvalue weighted by atomic mass is 10.1. The average molecular weight is 289 g/mol. The van der Waals surface area contributed by atoms with E-state index in [-0.39, 0.29) is 11.8 Å². The first-order valence-electron chi connectivity index (χ1n) is 7.31. The highest BCUT2D eigenvalue weighted by atomic mass is 16.5. The van der Waals surface area contributed by atoms with Crippen molar-refractivity contribution in [1.29, 1.82) is 0 Å². The van der Waals surface area contributed by atoms with E-state index in [0.29, 0.717) is 25.3 Å². The van der Waals surface area contributed by atoms with Crippen molar-refractivity contribution in [1.82, 2.24) is 15.0 Å². The molecule has 0 bridgehead atoms. The van der Waals surface area contributed by atoms with E-state index >= 15 is 0 Å². The Bertz CT molecular complexity index is 657. The quantitative estimate of drug-likeness (QED) is 0.868. The highest BCUT2D eigenvalue weighted by molar-refractivity contribution is 5.91. The smallest absolute Gasteiger partial charge is 0.292 e. The van der Waals surface area contributed by atoms with Gasteiger partial charge in [0.1, 0.15) is 11.5 Å². The zero-order valence-electron chi connectivity index (χ0n) is 12.5. The predicted octanol–water partition coefficient (Wildman–Crippen LogP) is 2.55. The minimum absolute atomic E-state index is 0.137. The molecule has 0 unspecified atom stereocenters. The number of carbonyl (C=O) groups is 1. The van der Waals surface area contributed by atoms with Crippen molar-refractivity contribution in [2.75, 3.05) is 6.54 Å². The molecule has 0 saturated carbocycles. The van der Waals surface area contributed by atoms with Crippen LogP contribution in [0, 0.1) is 0 Å². The van der Waals surface area contributed by atoms with Gasteiger partial charge in [0.25, 0.3) is 5.91 Å². The molecule has 0 spiro atoms. The zero-order valence-corrected chi connectivity index (χ0v) is 12.5. The molecule has 6 heteroatoms. The number of hydrogen-bond donors (Lipinski definition) is 0. The molecule has 0 fully saturated rings. The van der Waals surface area contributed by atoms with Crippen LogP contribution in [0.15, 0.2) is 15.0 Å². The van der Waals surface area contributed by atoms with Crippen LogP contribution in [0.25, 0.3) is 0 Å². The van der Waals surface area contributed by atoms with Crippen LogP contribution in [0.3, 0.4) is 0 Å². The monoisotopic (exact) mass is 289 g/mol. The number of amides is 1. The van der Waals surface area contributed by atoms with E-state index in [0.717, 1.165) is 29.5 Å². The summed E-state index contributed by atoms with van der Waals surface area (Å²) in [6, 6.07) is 1.71. The first kappa shape index (κ1) is 13.9. The molecule has 0 aromatic carbocycles. The van der Waals surface area contributed by atoms with Crippen molar-refractivity contribution in [3.63, 3.8) is 0 Å². The Balaban J connectivity index is 1.77. The maximum absolute atomic E-state index is 12.4. The Labute approximate surface area is 123 Å². The second kappa shape index (κ2) is 5.35. The van der Waals surface area contributed by atoms with Gasteiger partial charge in [0.05, 0.1) is 12.2 Å². The van der Waals surface area contributed by atoms with Gasteiger partial charge in [0, 0.05) is 24.9 Å². The van der Waals surface area contributed by atoms with Gasteiger partial charge in [0.2, 0.25) is 5.76 Å². The molecule has 2 aromatic rings. The number of nitrogens with zero attached hydrogens (tertiary/aromatic N) is 3. The lowest BCUT2D eigenvalue weighted by Gasteiger charge is -2.23. The first-order chi connectivity index (χ1) is 10.1. The maximum Gasteiger partial charge on any atom is 0.292 e. The molecule has 3 heterocycles. The van der Waals surface area contributed by atoms with Gasteiger partial charge in [-0.3, -0.25) is 4.79 Å². The van der Waals surface area contributed by atoms with Crippen LogP contribution in [-0.4, -0.2) is 27.5 Å². The summed E-state index contributed by atoms with van der Waals surface area (Å²) < 4.78 is 10.9. The van der Waals surface area contributed by atoms with Crippen molar-refractivity contribution in [3.8, 4) is 0 Å². The summed E-state index contributed by atoms with van der Waals surface area (Å²) >= 11 is 0. The number of carbonyl (C=O) groups excluding carboxylic acids is 1. The van der Waals surface area contributed by atoms with E-state index in [9.17, 15) is 4.79 Å². The standard InChI is InChI=1S/C15H19N3O3/c1-4-10-7-13(21-17-10)15(19)18-6-5-12-11(8-18)16-14(20-12)9(2)3/h7,9H,4-6,8H2,1-3H3.